The largest absolute Gasteiger partial charge is 0.319 e. The second-order valence-corrected chi connectivity index (χ2v) is 6.42. The second-order valence-electron chi connectivity index (χ2n) is 4.05. The lowest BCUT2D eigenvalue weighted by molar-refractivity contribution is 0.483. The van der Waals surface area contributed by atoms with Gasteiger partial charge in [-0.05, 0) is 29.6 Å². The van der Waals surface area contributed by atoms with Crippen LogP contribution in [0.5, 0.6) is 0 Å². The predicted octanol–water partition coefficient (Wildman–Crippen LogP) is 1.90. The first kappa shape index (κ1) is 13.0. The maximum absolute atomic E-state index is 11.9. The third-order valence-electron chi connectivity index (χ3n) is 2.72. The highest BCUT2D eigenvalue weighted by atomic mass is 32.2. The predicted molar refractivity (Wildman–Crippen MR) is 75.5 cm³/mol. The highest BCUT2D eigenvalue weighted by Crippen LogP contribution is 2.22. The Bertz CT molecular complexity index is 943. The summed E-state index contributed by atoms with van der Waals surface area (Å²) in [5.74, 6) is 0. The summed E-state index contributed by atoms with van der Waals surface area (Å²) in [5, 5.41) is 1.81. The molecule has 20 heavy (non-hydrogen) atoms. The normalized spacial score (nSPS) is 11.8. The Hall–Kier alpha value is -2.03. The lowest BCUT2D eigenvalue weighted by Crippen LogP contribution is -2.11. The highest BCUT2D eigenvalue weighted by Gasteiger charge is 2.13. The Balaban J connectivity index is 2.30. The first-order chi connectivity index (χ1) is 9.45. The number of H-pyrrole nitrogens is 1. The number of nitrogens with one attached hydrogen (secondary N) is 1. The maximum atomic E-state index is 11.9. The van der Waals surface area contributed by atoms with E-state index in [0.717, 1.165) is 0 Å². The van der Waals surface area contributed by atoms with Gasteiger partial charge >= 0.3 is 0 Å². The molecule has 0 saturated heterocycles. The smallest absolute Gasteiger partial charge is 0.294 e. The number of nitrogens with zero attached hydrogens (tertiary/aromatic N) is 1. The van der Waals surface area contributed by atoms with Gasteiger partial charge in [0.15, 0.2) is 0 Å². The number of fused-ring (bicyclic) bond motifs is 1. The summed E-state index contributed by atoms with van der Waals surface area (Å²) in [4.78, 5) is 19.2. The Labute approximate surface area is 117 Å². The van der Waals surface area contributed by atoms with Gasteiger partial charge in [0.1, 0.15) is 5.69 Å². The molecule has 0 atom stereocenters. The Morgan fingerprint density at radius 3 is 2.70 bits per heavy atom. The van der Waals surface area contributed by atoms with E-state index in [1.807, 2.05) is 5.38 Å². The molecule has 2 heterocycles. The molecule has 6 nitrogen and oxygen atoms in total. The Kier molecular flexibility index (Phi) is 2.93. The Morgan fingerprint density at radius 1 is 1.25 bits per heavy atom. The van der Waals surface area contributed by atoms with E-state index in [1.54, 1.807) is 12.1 Å². The average Bonchev–Trinajstić information content (AvgIpc) is 2.90. The number of benzene rings is 1. The van der Waals surface area contributed by atoms with Crippen LogP contribution in [0.4, 0.5) is 0 Å². The summed E-state index contributed by atoms with van der Waals surface area (Å²) < 4.78 is 31.3. The zero-order valence-electron chi connectivity index (χ0n) is 9.90. The van der Waals surface area contributed by atoms with Crippen LogP contribution in [0.1, 0.15) is 0 Å². The van der Waals surface area contributed by atoms with E-state index in [0.29, 0.717) is 15.9 Å². The van der Waals surface area contributed by atoms with E-state index in [2.05, 4.69) is 9.97 Å². The molecule has 0 aliphatic carbocycles. The van der Waals surface area contributed by atoms with Gasteiger partial charge in [-0.25, -0.2) is 4.98 Å². The number of thiophene rings is 1. The van der Waals surface area contributed by atoms with E-state index in [9.17, 15) is 13.2 Å². The van der Waals surface area contributed by atoms with Crippen LogP contribution in [-0.4, -0.2) is 22.9 Å². The van der Waals surface area contributed by atoms with Crippen LogP contribution < -0.4 is 5.56 Å². The molecule has 1 aromatic carbocycles. The molecular formula is C12H8N2O4S2. The molecule has 3 rings (SSSR count). The summed E-state index contributed by atoms with van der Waals surface area (Å²) in [5.41, 5.74) is 0.574. The molecule has 0 bridgehead atoms. The summed E-state index contributed by atoms with van der Waals surface area (Å²) in [6.07, 6.45) is 0. The molecule has 0 unspecified atom stereocenters. The molecule has 0 amide bonds. The molecule has 0 fully saturated rings. The van der Waals surface area contributed by atoms with Gasteiger partial charge in [0.25, 0.3) is 15.7 Å². The second kappa shape index (κ2) is 4.51. The molecule has 3 aromatic rings. The number of aromatic nitrogens is 2. The monoisotopic (exact) mass is 308 g/mol. The van der Waals surface area contributed by atoms with Crippen molar-refractivity contribution in [2.45, 2.75) is 4.90 Å². The van der Waals surface area contributed by atoms with E-state index in [1.165, 1.54) is 29.5 Å². The van der Waals surface area contributed by atoms with E-state index < -0.39 is 10.1 Å². The van der Waals surface area contributed by atoms with E-state index >= 15 is 0 Å². The zero-order valence-corrected chi connectivity index (χ0v) is 11.5. The van der Waals surface area contributed by atoms with Gasteiger partial charge in [-0.15, -0.1) is 11.3 Å². The number of rotatable bonds is 2. The van der Waals surface area contributed by atoms with Gasteiger partial charge in [0, 0.05) is 0 Å². The third kappa shape index (κ3) is 2.24. The van der Waals surface area contributed by atoms with Crippen LogP contribution in [0, 0.1) is 0 Å². The van der Waals surface area contributed by atoms with Crippen molar-refractivity contribution < 1.29 is 13.0 Å². The van der Waals surface area contributed by atoms with Crippen molar-refractivity contribution >= 4 is 32.5 Å². The van der Waals surface area contributed by atoms with Gasteiger partial charge in [-0.2, -0.15) is 8.42 Å². The molecule has 0 spiro atoms. The standard InChI is InChI=1S/C12H8N2O4S2/c15-12-11(10-2-1-5-19-10)13-9-6-7(20(16,17)18)3-4-8(9)14-12/h1-6H,(H,14,15)(H,16,17,18). The van der Waals surface area contributed by atoms with Crippen molar-refractivity contribution in [3.63, 3.8) is 0 Å². The van der Waals surface area contributed by atoms with Crippen molar-refractivity contribution in [3.8, 4) is 10.6 Å². The number of aromatic amines is 1. The van der Waals surface area contributed by atoms with Crippen LogP contribution in [-0.2, 0) is 10.1 Å². The van der Waals surface area contributed by atoms with Crippen LogP contribution in [0.15, 0.2) is 45.4 Å². The summed E-state index contributed by atoms with van der Waals surface area (Å²) in [6.45, 7) is 0. The molecule has 8 heteroatoms. The Morgan fingerprint density at radius 2 is 2.05 bits per heavy atom. The van der Waals surface area contributed by atoms with Gasteiger partial charge in [-0.1, -0.05) is 6.07 Å². The van der Waals surface area contributed by atoms with E-state index in [4.69, 9.17) is 4.55 Å². The number of hydrogen-bond donors (Lipinski definition) is 2. The van der Waals surface area contributed by atoms with Crippen LogP contribution >= 0.6 is 11.3 Å². The molecule has 0 saturated carbocycles. The van der Waals surface area contributed by atoms with Crippen molar-refractivity contribution in [1.29, 1.82) is 0 Å². The van der Waals surface area contributed by atoms with E-state index in [-0.39, 0.29) is 16.1 Å². The fourth-order valence-electron chi connectivity index (χ4n) is 1.80. The maximum Gasteiger partial charge on any atom is 0.294 e. The molecule has 2 N–H and O–H groups in total. The highest BCUT2D eigenvalue weighted by molar-refractivity contribution is 7.85. The molecule has 0 radical (unpaired) electrons. The van der Waals surface area contributed by atoms with Crippen molar-refractivity contribution in [2.24, 2.45) is 0 Å². The molecular weight excluding hydrogens is 300 g/mol. The van der Waals surface area contributed by atoms with Crippen LogP contribution in [0.3, 0.4) is 0 Å². The quantitative estimate of drug-likeness (QED) is 0.704. The SMILES string of the molecule is O=c1[nH]c2ccc(S(=O)(=O)O)cc2nc1-c1cccs1. The summed E-state index contributed by atoms with van der Waals surface area (Å²) in [7, 11) is -4.30. The zero-order chi connectivity index (χ0) is 14.3. The van der Waals surface area contributed by atoms with Crippen molar-refractivity contribution in [1.82, 2.24) is 9.97 Å². The lowest BCUT2D eigenvalue weighted by atomic mass is 10.2. The van der Waals surface area contributed by atoms with Gasteiger partial charge in [-0.3, -0.25) is 9.35 Å². The number of hydrogen-bond acceptors (Lipinski definition) is 5. The molecule has 2 aromatic heterocycles. The summed E-state index contributed by atoms with van der Waals surface area (Å²) >= 11 is 1.36. The van der Waals surface area contributed by atoms with Crippen LogP contribution in [0.2, 0.25) is 0 Å². The minimum absolute atomic E-state index is 0.222. The minimum Gasteiger partial charge on any atom is -0.319 e. The molecule has 0 aliphatic rings. The first-order valence-electron chi connectivity index (χ1n) is 5.50. The summed E-state index contributed by atoms with van der Waals surface area (Å²) in [6, 6.07) is 7.36. The minimum atomic E-state index is -4.30. The topological polar surface area (TPSA) is 100 Å². The molecule has 102 valence electrons. The fourth-order valence-corrected chi connectivity index (χ4v) is 3.01. The average molecular weight is 308 g/mol. The van der Waals surface area contributed by atoms with Crippen molar-refractivity contribution in [2.75, 3.05) is 0 Å². The lowest BCUT2D eigenvalue weighted by Gasteiger charge is -2.02. The van der Waals surface area contributed by atoms with Gasteiger partial charge < -0.3 is 4.98 Å². The van der Waals surface area contributed by atoms with Crippen LogP contribution in [0.25, 0.3) is 21.6 Å². The first-order valence-corrected chi connectivity index (χ1v) is 7.82. The third-order valence-corrected chi connectivity index (χ3v) is 4.44. The van der Waals surface area contributed by atoms with Crippen molar-refractivity contribution in [3.05, 3.63) is 46.1 Å². The fraction of sp³-hybridized carbons (Fsp3) is 0. The molecule has 0 aliphatic heterocycles. The van der Waals surface area contributed by atoms with Gasteiger partial charge in [0.2, 0.25) is 0 Å². The van der Waals surface area contributed by atoms with Gasteiger partial charge in [0.05, 0.1) is 20.8 Å².